The minimum atomic E-state index is 0.237. The van der Waals surface area contributed by atoms with Crippen molar-refractivity contribution in [3.8, 4) is 0 Å². The van der Waals surface area contributed by atoms with Crippen LogP contribution < -0.4 is 5.73 Å². The predicted molar refractivity (Wildman–Crippen MR) is 73.3 cm³/mol. The van der Waals surface area contributed by atoms with Crippen molar-refractivity contribution in [2.45, 2.75) is 18.2 Å². The molecule has 2 rings (SSSR count). The monoisotopic (exact) mass is 248 g/mol. The second kappa shape index (κ2) is 5.38. The van der Waals surface area contributed by atoms with Crippen molar-refractivity contribution in [1.82, 2.24) is 4.98 Å². The van der Waals surface area contributed by atoms with E-state index in [0.717, 1.165) is 34.3 Å². The van der Waals surface area contributed by atoms with Crippen molar-refractivity contribution < 1.29 is 5.11 Å². The van der Waals surface area contributed by atoms with Crippen molar-refractivity contribution in [1.29, 1.82) is 0 Å². The summed E-state index contributed by atoms with van der Waals surface area (Å²) in [6.45, 7) is 2.21. The van der Waals surface area contributed by atoms with Gasteiger partial charge in [0.25, 0.3) is 0 Å². The first-order valence-electron chi connectivity index (χ1n) is 5.61. The first kappa shape index (κ1) is 12.2. The Hall–Kier alpha value is -1.26. The number of fused-ring (bicyclic) bond motifs is 1. The molecule has 0 fully saturated rings. The molecule has 1 aromatic heterocycles. The molecule has 0 amide bonds. The summed E-state index contributed by atoms with van der Waals surface area (Å²) in [7, 11) is 0. The zero-order valence-electron chi connectivity index (χ0n) is 9.81. The van der Waals surface area contributed by atoms with Crippen LogP contribution in [-0.4, -0.2) is 22.5 Å². The van der Waals surface area contributed by atoms with E-state index in [4.69, 9.17) is 10.8 Å². The standard InChI is InChI=1S/C13H16N2OS/c1-9-7-10-11(8-15-9)12(14)3-4-13(10)17-6-2-5-16/h3-4,7-8,16H,2,5-6,14H2,1H3. The average Bonchev–Trinajstić information content (AvgIpc) is 2.32. The fourth-order valence-electron chi connectivity index (χ4n) is 1.71. The molecule has 0 atom stereocenters. The largest absolute Gasteiger partial charge is 0.398 e. The molecular formula is C13H16N2OS. The number of nitrogens with two attached hydrogens (primary N) is 1. The number of thioether (sulfide) groups is 1. The third-order valence-electron chi connectivity index (χ3n) is 2.59. The Morgan fingerprint density at radius 2 is 2.18 bits per heavy atom. The summed E-state index contributed by atoms with van der Waals surface area (Å²) in [4.78, 5) is 5.48. The summed E-state index contributed by atoms with van der Waals surface area (Å²) >= 11 is 1.75. The van der Waals surface area contributed by atoms with E-state index in [-0.39, 0.29) is 6.61 Å². The van der Waals surface area contributed by atoms with E-state index in [0.29, 0.717) is 0 Å². The van der Waals surface area contributed by atoms with Gasteiger partial charge in [0.15, 0.2) is 0 Å². The number of hydrogen-bond acceptors (Lipinski definition) is 4. The van der Waals surface area contributed by atoms with Gasteiger partial charge in [-0.25, -0.2) is 0 Å². The molecule has 0 aliphatic carbocycles. The number of nitrogens with zero attached hydrogens (tertiary/aromatic N) is 1. The fraction of sp³-hybridized carbons (Fsp3) is 0.308. The van der Waals surface area contributed by atoms with E-state index >= 15 is 0 Å². The van der Waals surface area contributed by atoms with E-state index in [2.05, 4.69) is 11.1 Å². The Labute approximate surface area is 105 Å². The Balaban J connectivity index is 2.41. The molecule has 0 saturated carbocycles. The predicted octanol–water partition coefficient (Wildman–Crippen LogP) is 2.60. The quantitative estimate of drug-likeness (QED) is 0.496. The summed E-state index contributed by atoms with van der Waals surface area (Å²) in [5.41, 5.74) is 7.70. The minimum absolute atomic E-state index is 0.237. The number of rotatable bonds is 4. The maximum atomic E-state index is 8.80. The van der Waals surface area contributed by atoms with Crippen LogP contribution in [0.4, 0.5) is 5.69 Å². The molecule has 3 N–H and O–H groups in total. The maximum absolute atomic E-state index is 8.80. The summed E-state index contributed by atoms with van der Waals surface area (Å²) in [6.07, 6.45) is 2.64. The van der Waals surface area contributed by atoms with Gasteiger partial charge >= 0.3 is 0 Å². The first-order valence-corrected chi connectivity index (χ1v) is 6.59. The zero-order chi connectivity index (χ0) is 12.3. The van der Waals surface area contributed by atoms with Crippen molar-refractivity contribution in [2.75, 3.05) is 18.1 Å². The minimum Gasteiger partial charge on any atom is -0.398 e. The van der Waals surface area contributed by atoms with Crippen LogP contribution in [-0.2, 0) is 0 Å². The summed E-state index contributed by atoms with van der Waals surface area (Å²) in [6, 6.07) is 6.02. The van der Waals surface area contributed by atoms with Crippen LogP contribution in [0.15, 0.2) is 29.3 Å². The number of aromatic nitrogens is 1. The molecule has 1 heterocycles. The van der Waals surface area contributed by atoms with Crippen molar-refractivity contribution in [3.63, 3.8) is 0 Å². The Bertz CT molecular complexity index is 528. The molecule has 4 heteroatoms. The lowest BCUT2D eigenvalue weighted by Crippen LogP contribution is -1.92. The van der Waals surface area contributed by atoms with Gasteiger partial charge in [-0.05, 0) is 31.5 Å². The van der Waals surface area contributed by atoms with E-state index < -0.39 is 0 Å². The van der Waals surface area contributed by atoms with Crippen LogP contribution in [0, 0.1) is 6.92 Å². The van der Waals surface area contributed by atoms with Gasteiger partial charge in [0.2, 0.25) is 0 Å². The molecule has 1 aromatic carbocycles. The van der Waals surface area contributed by atoms with Gasteiger partial charge in [-0.1, -0.05) is 0 Å². The molecule has 17 heavy (non-hydrogen) atoms. The van der Waals surface area contributed by atoms with Crippen LogP contribution in [0.1, 0.15) is 12.1 Å². The van der Waals surface area contributed by atoms with Gasteiger partial charge in [-0.2, -0.15) is 0 Å². The Kier molecular flexibility index (Phi) is 3.86. The number of aliphatic hydroxyl groups is 1. The number of pyridine rings is 1. The van der Waals surface area contributed by atoms with Crippen LogP contribution in [0.2, 0.25) is 0 Å². The van der Waals surface area contributed by atoms with E-state index in [9.17, 15) is 0 Å². The van der Waals surface area contributed by atoms with E-state index in [1.807, 2.05) is 25.3 Å². The molecule has 0 aliphatic heterocycles. The maximum Gasteiger partial charge on any atom is 0.0439 e. The molecule has 3 nitrogen and oxygen atoms in total. The number of anilines is 1. The van der Waals surface area contributed by atoms with Gasteiger partial charge in [0.05, 0.1) is 0 Å². The second-order valence-electron chi connectivity index (χ2n) is 3.95. The van der Waals surface area contributed by atoms with Crippen LogP contribution in [0.3, 0.4) is 0 Å². The van der Waals surface area contributed by atoms with Crippen molar-refractivity contribution in [2.24, 2.45) is 0 Å². The highest BCUT2D eigenvalue weighted by molar-refractivity contribution is 7.99. The SMILES string of the molecule is Cc1cc2c(SCCCO)ccc(N)c2cn1. The van der Waals surface area contributed by atoms with E-state index in [1.54, 1.807) is 11.8 Å². The van der Waals surface area contributed by atoms with E-state index in [1.165, 1.54) is 4.90 Å². The second-order valence-corrected chi connectivity index (χ2v) is 5.09. The smallest absolute Gasteiger partial charge is 0.0439 e. The van der Waals surface area contributed by atoms with Gasteiger partial charge in [-0.3, -0.25) is 4.98 Å². The number of nitrogen functional groups attached to an aromatic ring is 1. The number of hydrogen-bond donors (Lipinski definition) is 2. The van der Waals surface area contributed by atoms with Crippen molar-refractivity contribution in [3.05, 3.63) is 30.1 Å². The highest BCUT2D eigenvalue weighted by atomic mass is 32.2. The molecule has 0 bridgehead atoms. The molecule has 90 valence electrons. The van der Waals surface area contributed by atoms with Crippen LogP contribution in [0.25, 0.3) is 10.8 Å². The zero-order valence-corrected chi connectivity index (χ0v) is 10.6. The average molecular weight is 248 g/mol. The lowest BCUT2D eigenvalue weighted by molar-refractivity contribution is 0.296. The molecule has 0 aliphatic rings. The lowest BCUT2D eigenvalue weighted by atomic mass is 10.1. The molecule has 0 unspecified atom stereocenters. The van der Waals surface area contributed by atoms with Gasteiger partial charge < -0.3 is 10.8 Å². The number of benzene rings is 1. The summed E-state index contributed by atoms with van der Waals surface area (Å²) in [5, 5.41) is 11.0. The molecule has 0 saturated heterocycles. The van der Waals surface area contributed by atoms with Gasteiger partial charge in [-0.15, -0.1) is 11.8 Å². The Morgan fingerprint density at radius 3 is 2.94 bits per heavy atom. The lowest BCUT2D eigenvalue weighted by Gasteiger charge is -2.08. The third kappa shape index (κ3) is 2.70. The third-order valence-corrected chi connectivity index (χ3v) is 3.75. The van der Waals surface area contributed by atoms with Crippen molar-refractivity contribution >= 4 is 28.2 Å². The molecule has 0 radical (unpaired) electrons. The number of aliphatic hydroxyl groups excluding tert-OH is 1. The fourth-order valence-corrected chi connectivity index (χ4v) is 2.69. The first-order chi connectivity index (χ1) is 8.22. The Morgan fingerprint density at radius 1 is 1.35 bits per heavy atom. The highest BCUT2D eigenvalue weighted by Crippen LogP contribution is 2.31. The van der Waals surface area contributed by atoms with Gasteiger partial charge in [0.1, 0.15) is 0 Å². The molecular weight excluding hydrogens is 232 g/mol. The topological polar surface area (TPSA) is 59.1 Å². The summed E-state index contributed by atoms with van der Waals surface area (Å²) in [5.74, 6) is 0.914. The molecule has 2 aromatic rings. The number of aryl methyl sites for hydroxylation is 1. The highest BCUT2D eigenvalue weighted by Gasteiger charge is 2.05. The summed E-state index contributed by atoms with van der Waals surface area (Å²) < 4.78 is 0. The van der Waals surface area contributed by atoms with Crippen LogP contribution >= 0.6 is 11.8 Å². The van der Waals surface area contributed by atoms with Gasteiger partial charge in [0, 0.05) is 45.6 Å². The van der Waals surface area contributed by atoms with Crippen LogP contribution in [0.5, 0.6) is 0 Å². The molecule has 0 spiro atoms. The normalized spacial score (nSPS) is 10.9.